The Morgan fingerprint density at radius 1 is 1.03 bits per heavy atom. The Bertz CT molecular complexity index is 1130. The predicted molar refractivity (Wildman–Crippen MR) is 146 cm³/mol. The van der Waals surface area contributed by atoms with E-state index in [9.17, 15) is 9.59 Å². The number of hydrogen-bond acceptors (Lipinski definition) is 4. The van der Waals surface area contributed by atoms with E-state index in [1.165, 1.54) is 22.0 Å². The van der Waals surface area contributed by atoms with Gasteiger partial charge in [-0.2, -0.15) is 0 Å². The Morgan fingerprint density at radius 3 is 2.51 bits per heavy atom. The highest BCUT2D eigenvalue weighted by Gasteiger charge is 2.39. The Hall–Kier alpha value is -2.38. The second kappa shape index (κ2) is 10.4. The molecular weight excluding hydrogens is 462 g/mol. The summed E-state index contributed by atoms with van der Waals surface area (Å²) < 4.78 is 0. The normalized spacial score (nSPS) is 34.1. The lowest BCUT2D eigenvalue weighted by Gasteiger charge is -2.45. The maximum atomic E-state index is 13.1. The molecule has 7 nitrogen and oxygen atoms in total. The van der Waals surface area contributed by atoms with Crippen molar-refractivity contribution in [3.63, 3.8) is 0 Å². The second-order valence-corrected chi connectivity index (χ2v) is 12.4. The molecule has 200 valence electrons. The Morgan fingerprint density at radius 2 is 1.76 bits per heavy atom. The minimum absolute atomic E-state index is 0.0386. The van der Waals surface area contributed by atoms with Gasteiger partial charge in [-0.15, -0.1) is 0 Å². The molecule has 2 heterocycles. The molecule has 6 rings (SSSR count). The van der Waals surface area contributed by atoms with Gasteiger partial charge >= 0.3 is 0 Å². The molecule has 0 bridgehead atoms. The SMILES string of the molecule is CN1C[C@H](CNC(=O)C2CCC(C(=O)NC3CCC(N)CC3)CC2)C[C@@H]2c3cccc4[nH]cc(c34)C[C@H]21. The molecule has 1 aromatic carbocycles. The summed E-state index contributed by atoms with van der Waals surface area (Å²) in [5.74, 6) is 1.43. The predicted octanol–water partition coefficient (Wildman–Crippen LogP) is 3.44. The van der Waals surface area contributed by atoms with Gasteiger partial charge < -0.3 is 26.3 Å². The van der Waals surface area contributed by atoms with Gasteiger partial charge in [0.1, 0.15) is 0 Å². The van der Waals surface area contributed by atoms with E-state index in [0.717, 1.165) is 77.3 Å². The van der Waals surface area contributed by atoms with E-state index < -0.39 is 0 Å². The number of likely N-dealkylation sites (N-methyl/N-ethyl adjacent to an activating group) is 1. The molecule has 3 aliphatic carbocycles. The summed E-state index contributed by atoms with van der Waals surface area (Å²) in [6.07, 6.45) is 11.6. The van der Waals surface area contributed by atoms with Crippen LogP contribution in [0.25, 0.3) is 10.9 Å². The number of aromatic amines is 1. The van der Waals surface area contributed by atoms with Crippen molar-refractivity contribution in [1.82, 2.24) is 20.5 Å². The third-order valence-corrected chi connectivity index (χ3v) is 9.96. The Balaban J connectivity index is 0.989. The molecule has 0 spiro atoms. The molecule has 2 aromatic rings. The number of nitrogens with two attached hydrogens (primary N) is 1. The Kier molecular flexibility index (Phi) is 7.01. The number of hydrogen-bond donors (Lipinski definition) is 4. The molecule has 0 unspecified atom stereocenters. The van der Waals surface area contributed by atoms with Crippen LogP contribution in [-0.4, -0.2) is 60.0 Å². The highest BCUT2D eigenvalue weighted by Crippen LogP contribution is 2.44. The highest BCUT2D eigenvalue weighted by molar-refractivity contribution is 5.88. The van der Waals surface area contributed by atoms with Crippen molar-refractivity contribution >= 4 is 22.7 Å². The molecule has 3 atom stereocenters. The zero-order valence-corrected chi connectivity index (χ0v) is 22.2. The number of benzene rings is 1. The minimum atomic E-state index is 0.0386. The van der Waals surface area contributed by atoms with Crippen LogP contribution in [0.5, 0.6) is 0 Å². The van der Waals surface area contributed by atoms with Crippen LogP contribution < -0.4 is 16.4 Å². The van der Waals surface area contributed by atoms with E-state index in [1.807, 2.05) is 0 Å². The van der Waals surface area contributed by atoms with Gasteiger partial charge in [0.05, 0.1) is 0 Å². The lowest BCUT2D eigenvalue weighted by Crippen LogP contribution is -2.50. The van der Waals surface area contributed by atoms with Crippen molar-refractivity contribution in [2.45, 2.75) is 88.3 Å². The zero-order valence-electron chi connectivity index (χ0n) is 22.2. The van der Waals surface area contributed by atoms with E-state index in [2.05, 4.69) is 52.0 Å². The van der Waals surface area contributed by atoms with Crippen molar-refractivity contribution in [2.24, 2.45) is 23.5 Å². The molecule has 1 aliphatic heterocycles. The van der Waals surface area contributed by atoms with Crippen molar-refractivity contribution in [3.8, 4) is 0 Å². The summed E-state index contributed by atoms with van der Waals surface area (Å²) in [5.41, 5.74) is 10.2. The number of H-pyrrole nitrogens is 1. The number of nitrogens with zero attached hydrogens (tertiary/aromatic N) is 1. The average Bonchev–Trinajstić information content (AvgIpc) is 3.33. The van der Waals surface area contributed by atoms with Gasteiger partial charge in [0.2, 0.25) is 11.8 Å². The van der Waals surface area contributed by atoms with E-state index in [-0.39, 0.29) is 29.7 Å². The molecule has 4 aliphatic rings. The van der Waals surface area contributed by atoms with E-state index in [0.29, 0.717) is 23.9 Å². The lowest BCUT2D eigenvalue weighted by atomic mass is 9.72. The first kappa shape index (κ1) is 24.9. The maximum absolute atomic E-state index is 13.1. The minimum Gasteiger partial charge on any atom is -0.361 e. The lowest BCUT2D eigenvalue weighted by molar-refractivity contribution is -0.131. The molecule has 2 saturated carbocycles. The number of nitrogens with one attached hydrogen (secondary N) is 3. The summed E-state index contributed by atoms with van der Waals surface area (Å²) in [7, 11) is 2.25. The first-order chi connectivity index (χ1) is 18.0. The third kappa shape index (κ3) is 5.05. The van der Waals surface area contributed by atoms with Crippen LogP contribution in [0.3, 0.4) is 0 Å². The molecule has 3 fully saturated rings. The number of fused-ring (bicyclic) bond motifs is 2. The molecule has 0 radical (unpaired) electrons. The molecular formula is C30H43N5O2. The first-order valence-corrected chi connectivity index (χ1v) is 14.6. The Labute approximate surface area is 220 Å². The summed E-state index contributed by atoms with van der Waals surface area (Å²) >= 11 is 0. The average molecular weight is 506 g/mol. The topological polar surface area (TPSA) is 103 Å². The quantitative estimate of drug-likeness (QED) is 0.500. The second-order valence-electron chi connectivity index (χ2n) is 12.4. The van der Waals surface area contributed by atoms with Gasteiger partial charge in [-0.25, -0.2) is 0 Å². The van der Waals surface area contributed by atoms with Gasteiger partial charge in [0.25, 0.3) is 0 Å². The first-order valence-electron chi connectivity index (χ1n) is 14.6. The summed E-state index contributed by atoms with van der Waals surface area (Å²) in [6, 6.07) is 7.77. The number of rotatable bonds is 5. The van der Waals surface area contributed by atoms with Gasteiger partial charge in [0, 0.05) is 66.1 Å². The maximum Gasteiger partial charge on any atom is 0.223 e. The van der Waals surface area contributed by atoms with Gasteiger partial charge in [-0.3, -0.25) is 9.59 Å². The van der Waals surface area contributed by atoms with Crippen LogP contribution >= 0.6 is 0 Å². The van der Waals surface area contributed by atoms with Gasteiger partial charge in [0.15, 0.2) is 0 Å². The highest BCUT2D eigenvalue weighted by atomic mass is 16.2. The number of amides is 2. The number of carbonyl (C=O) groups is 2. The largest absolute Gasteiger partial charge is 0.361 e. The summed E-state index contributed by atoms with van der Waals surface area (Å²) in [4.78, 5) is 31.8. The van der Waals surface area contributed by atoms with Crippen molar-refractivity contribution in [1.29, 1.82) is 0 Å². The number of aromatic nitrogens is 1. The van der Waals surface area contributed by atoms with Crippen LogP contribution in [0.2, 0.25) is 0 Å². The van der Waals surface area contributed by atoms with E-state index >= 15 is 0 Å². The third-order valence-electron chi connectivity index (χ3n) is 9.96. The van der Waals surface area contributed by atoms with E-state index in [1.54, 1.807) is 0 Å². The van der Waals surface area contributed by atoms with Crippen molar-refractivity contribution in [2.75, 3.05) is 20.1 Å². The fraction of sp³-hybridized carbons (Fsp3) is 0.667. The molecule has 1 aromatic heterocycles. The molecule has 5 N–H and O–H groups in total. The summed E-state index contributed by atoms with van der Waals surface area (Å²) in [5, 5.41) is 7.99. The molecule has 7 heteroatoms. The number of piperidine rings is 1. The van der Waals surface area contributed by atoms with Crippen LogP contribution in [-0.2, 0) is 16.0 Å². The van der Waals surface area contributed by atoms with Gasteiger partial charge in [-0.05, 0) is 94.4 Å². The fourth-order valence-electron chi connectivity index (χ4n) is 7.79. The zero-order chi connectivity index (χ0) is 25.5. The van der Waals surface area contributed by atoms with Crippen molar-refractivity contribution < 1.29 is 9.59 Å². The number of carbonyl (C=O) groups excluding carboxylic acids is 2. The smallest absolute Gasteiger partial charge is 0.223 e. The molecule has 37 heavy (non-hydrogen) atoms. The van der Waals surface area contributed by atoms with Crippen molar-refractivity contribution in [3.05, 3.63) is 35.5 Å². The van der Waals surface area contributed by atoms with Crippen LogP contribution in [0.1, 0.15) is 74.8 Å². The standard InChI is InChI=1S/C30H43N5O2/c1-35-17-18(13-25-24-3-2-4-26-28(24)21(16-32-26)14-27(25)35)15-33-29(36)19-5-7-20(8-6-19)30(37)34-23-11-9-22(31)10-12-23/h2-4,16,18-20,22-23,25,27,32H,5-15,17,31H2,1H3,(H,33,36)(H,34,37)/t18-,19?,20?,22?,23?,25+,27+/m0/s1. The van der Waals surface area contributed by atoms with Crippen LogP contribution in [0.15, 0.2) is 24.4 Å². The van der Waals surface area contributed by atoms with E-state index in [4.69, 9.17) is 5.73 Å². The van der Waals surface area contributed by atoms with Gasteiger partial charge in [-0.1, -0.05) is 12.1 Å². The fourth-order valence-corrected chi connectivity index (χ4v) is 7.79. The molecule has 2 amide bonds. The summed E-state index contributed by atoms with van der Waals surface area (Å²) in [6.45, 7) is 1.77. The monoisotopic (exact) mass is 505 g/mol. The number of likely N-dealkylation sites (tertiary alicyclic amines) is 1. The van der Waals surface area contributed by atoms with Crippen LogP contribution in [0.4, 0.5) is 0 Å². The van der Waals surface area contributed by atoms with Crippen LogP contribution in [0, 0.1) is 17.8 Å². The molecule has 1 saturated heterocycles.